The highest BCUT2D eigenvalue weighted by atomic mass is 16.2. The number of hydrogen-bond acceptors (Lipinski definition) is 2. The van der Waals surface area contributed by atoms with Crippen molar-refractivity contribution >= 4 is 11.8 Å². The number of aryl methyl sites for hydroxylation is 1. The summed E-state index contributed by atoms with van der Waals surface area (Å²) in [6.45, 7) is 5.86. The van der Waals surface area contributed by atoms with Crippen LogP contribution in [0.25, 0.3) is 0 Å². The Labute approximate surface area is 132 Å². The first-order valence-corrected chi connectivity index (χ1v) is 8.15. The van der Waals surface area contributed by atoms with Crippen molar-refractivity contribution in [3.05, 3.63) is 35.4 Å². The zero-order valence-corrected chi connectivity index (χ0v) is 13.7. The first-order chi connectivity index (χ1) is 10.5. The Morgan fingerprint density at radius 3 is 2.45 bits per heavy atom. The molecule has 1 aliphatic rings. The van der Waals surface area contributed by atoms with Crippen molar-refractivity contribution < 1.29 is 9.59 Å². The molecule has 1 atom stereocenters. The highest BCUT2D eigenvalue weighted by molar-refractivity contribution is 5.97. The third-order valence-electron chi connectivity index (χ3n) is 4.22. The zero-order valence-electron chi connectivity index (χ0n) is 13.7. The molecule has 4 nitrogen and oxygen atoms in total. The summed E-state index contributed by atoms with van der Waals surface area (Å²) in [5.74, 6) is -0.206. The molecular weight excluding hydrogens is 276 g/mol. The van der Waals surface area contributed by atoms with Crippen LogP contribution in [0.2, 0.25) is 0 Å². The Balaban J connectivity index is 2.01. The Morgan fingerprint density at radius 2 is 1.86 bits per heavy atom. The molecule has 0 bridgehead atoms. The smallest absolute Gasteiger partial charge is 0.251 e. The average Bonchev–Trinajstić information content (AvgIpc) is 2.96. The molecule has 0 aliphatic heterocycles. The van der Waals surface area contributed by atoms with Crippen LogP contribution in [0.15, 0.2) is 24.3 Å². The third kappa shape index (κ3) is 4.33. The number of rotatable bonds is 5. The number of amides is 2. The van der Waals surface area contributed by atoms with Crippen LogP contribution in [-0.2, 0) is 4.79 Å². The summed E-state index contributed by atoms with van der Waals surface area (Å²) >= 11 is 0. The summed E-state index contributed by atoms with van der Waals surface area (Å²) in [6.07, 6.45) is 4.44. The third-order valence-corrected chi connectivity index (χ3v) is 4.22. The van der Waals surface area contributed by atoms with Gasteiger partial charge in [0.2, 0.25) is 5.91 Å². The summed E-state index contributed by atoms with van der Waals surface area (Å²) in [4.78, 5) is 24.8. The molecule has 2 N–H and O–H groups in total. The van der Waals surface area contributed by atoms with Gasteiger partial charge in [0.1, 0.15) is 6.04 Å². The normalized spacial score (nSPS) is 16.5. The first kappa shape index (κ1) is 16.5. The Morgan fingerprint density at radius 1 is 1.18 bits per heavy atom. The highest BCUT2D eigenvalue weighted by Gasteiger charge is 2.27. The maximum atomic E-state index is 12.4. The van der Waals surface area contributed by atoms with Gasteiger partial charge in [0.05, 0.1) is 0 Å². The molecule has 2 rings (SSSR count). The van der Waals surface area contributed by atoms with Crippen molar-refractivity contribution in [2.75, 3.05) is 0 Å². The van der Waals surface area contributed by atoms with E-state index in [1.165, 1.54) is 12.8 Å². The van der Waals surface area contributed by atoms with Crippen LogP contribution in [0, 0.1) is 12.8 Å². The topological polar surface area (TPSA) is 58.2 Å². The molecule has 1 aliphatic carbocycles. The van der Waals surface area contributed by atoms with Gasteiger partial charge in [0.15, 0.2) is 0 Å². The van der Waals surface area contributed by atoms with E-state index in [1.54, 1.807) is 6.07 Å². The number of benzene rings is 1. The van der Waals surface area contributed by atoms with Gasteiger partial charge in [-0.3, -0.25) is 9.59 Å². The van der Waals surface area contributed by atoms with Crippen LogP contribution in [0.4, 0.5) is 0 Å². The lowest BCUT2D eigenvalue weighted by Gasteiger charge is -2.24. The lowest BCUT2D eigenvalue weighted by molar-refractivity contribution is -0.124. The second kappa shape index (κ2) is 7.43. The van der Waals surface area contributed by atoms with Crippen molar-refractivity contribution in [1.29, 1.82) is 0 Å². The van der Waals surface area contributed by atoms with Crippen molar-refractivity contribution in [3.8, 4) is 0 Å². The monoisotopic (exact) mass is 302 g/mol. The van der Waals surface area contributed by atoms with E-state index in [1.807, 2.05) is 39.0 Å². The molecule has 0 spiro atoms. The molecule has 22 heavy (non-hydrogen) atoms. The van der Waals surface area contributed by atoms with Crippen LogP contribution in [0.3, 0.4) is 0 Å². The molecule has 120 valence electrons. The van der Waals surface area contributed by atoms with E-state index < -0.39 is 6.04 Å². The molecule has 1 saturated carbocycles. The van der Waals surface area contributed by atoms with E-state index in [2.05, 4.69) is 10.6 Å². The van der Waals surface area contributed by atoms with E-state index in [-0.39, 0.29) is 23.8 Å². The number of carbonyl (C=O) groups is 2. The van der Waals surface area contributed by atoms with Gasteiger partial charge in [-0.15, -0.1) is 0 Å². The largest absolute Gasteiger partial charge is 0.352 e. The van der Waals surface area contributed by atoms with Crippen molar-refractivity contribution in [2.24, 2.45) is 5.92 Å². The van der Waals surface area contributed by atoms with Gasteiger partial charge >= 0.3 is 0 Å². The first-order valence-electron chi connectivity index (χ1n) is 8.15. The van der Waals surface area contributed by atoms with E-state index in [0.717, 1.165) is 18.4 Å². The van der Waals surface area contributed by atoms with E-state index in [0.29, 0.717) is 5.56 Å². The number of carbonyl (C=O) groups excluding carboxylic acids is 2. The fourth-order valence-electron chi connectivity index (χ4n) is 2.91. The molecule has 2 amide bonds. The maximum Gasteiger partial charge on any atom is 0.251 e. The molecule has 1 fully saturated rings. The average molecular weight is 302 g/mol. The molecule has 1 aromatic rings. The fourth-order valence-corrected chi connectivity index (χ4v) is 2.91. The van der Waals surface area contributed by atoms with Crippen LogP contribution in [0.1, 0.15) is 55.5 Å². The Bertz CT molecular complexity index is 534. The molecule has 0 saturated heterocycles. The van der Waals surface area contributed by atoms with Gasteiger partial charge in [-0.05, 0) is 37.8 Å². The predicted molar refractivity (Wildman–Crippen MR) is 87.7 cm³/mol. The maximum absolute atomic E-state index is 12.4. The molecule has 0 heterocycles. The number of nitrogens with one attached hydrogen (secondary N) is 2. The van der Waals surface area contributed by atoms with Gasteiger partial charge in [-0.25, -0.2) is 0 Å². The Kier molecular flexibility index (Phi) is 5.58. The summed E-state index contributed by atoms with van der Waals surface area (Å²) in [6, 6.07) is 7.19. The SMILES string of the molecule is Cc1cccc(C(=O)NC(C(=O)NC2CCCC2)C(C)C)c1. The molecule has 0 aromatic heterocycles. The highest BCUT2D eigenvalue weighted by Crippen LogP contribution is 2.18. The van der Waals surface area contributed by atoms with Gasteiger partial charge in [0, 0.05) is 11.6 Å². The van der Waals surface area contributed by atoms with Crippen LogP contribution < -0.4 is 10.6 Å². The minimum absolute atomic E-state index is 0.0511. The summed E-state index contributed by atoms with van der Waals surface area (Å²) in [7, 11) is 0. The van der Waals surface area contributed by atoms with E-state index in [9.17, 15) is 9.59 Å². The van der Waals surface area contributed by atoms with E-state index in [4.69, 9.17) is 0 Å². The lowest BCUT2D eigenvalue weighted by Crippen LogP contribution is -2.51. The molecular formula is C18H26N2O2. The minimum Gasteiger partial charge on any atom is -0.352 e. The van der Waals surface area contributed by atoms with Crippen molar-refractivity contribution in [3.63, 3.8) is 0 Å². The Hall–Kier alpha value is -1.84. The summed E-state index contributed by atoms with van der Waals surface area (Å²) < 4.78 is 0. The van der Waals surface area contributed by atoms with Gasteiger partial charge in [-0.2, -0.15) is 0 Å². The van der Waals surface area contributed by atoms with Gasteiger partial charge < -0.3 is 10.6 Å². The summed E-state index contributed by atoms with van der Waals surface area (Å²) in [5.41, 5.74) is 1.63. The van der Waals surface area contributed by atoms with E-state index >= 15 is 0 Å². The van der Waals surface area contributed by atoms with Crippen LogP contribution in [-0.4, -0.2) is 23.9 Å². The zero-order chi connectivity index (χ0) is 16.1. The molecule has 4 heteroatoms. The van der Waals surface area contributed by atoms with Crippen molar-refractivity contribution in [2.45, 2.75) is 58.5 Å². The minimum atomic E-state index is -0.492. The molecule has 0 radical (unpaired) electrons. The van der Waals surface area contributed by atoms with Gasteiger partial charge in [-0.1, -0.05) is 44.4 Å². The quantitative estimate of drug-likeness (QED) is 0.878. The number of hydrogen-bond donors (Lipinski definition) is 2. The predicted octanol–water partition coefficient (Wildman–Crippen LogP) is 2.81. The van der Waals surface area contributed by atoms with Crippen LogP contribution >= 0.6 is 0 Å². The van der Waals surface area contributed by atoms with Gasteiger partial charge in [0.25, 0.3) is 5.91 Å². The van der Waals surface area contributed by atoms with Crippen LogP contribution in [0.5, 0.6) is 0 Å². The molecule has 1 aromatic carbocycles. The van der Waals surface area contributed by atoms with Crippen molar-refractivity contribution in [1.82, 2.24) is 10.6 Å². The lowest BCUT2D eigenvalue weighted by atomic mass is 10.0. The second-order valence-corrected chi connectivity index (χ2v) is 6.55. The standard InChI is InChI=1S/C18H26N2O2/c1-12(2)16(18(22)19-15-9-4-5-10-15)20-17(21)14-8-6-7-13(3)11-14/h6-8,11-12,15-16H,4-5,9-10H2,1-3H3,(H,19,22)(H,20,21). The molecule has 1 unspecified atom stereocenters. The second-order valence-electron chi connectivity index (χ2n) is 6.55. The summed E-state index contributed by atoms with van der Waals surface area (Å²) in [5, 5.41) is 5.96. The fraction of sp³-hybridized carbons (Fsp3) is 0.556.